The van der Waals surface area contributed by atoms with Crippen LogP contribution in [0.2, 0.25) is 0 Å². The van der Waals surface area contributed by atoms with Crippen LogP contribution in [-0.4, -0.2) is 12.6 Å². The molecular formula is C34H48O3. The molecule has 202 valence electrons. The Morgan fingerprint density at radius 3 is 1.86 bits per heavy atom. The molecule has 0 heterocycles. The molecule has 3 aliphatic rings. The highest BCUT2D eigenvalue weighted by atomic mass is 16.5. The zero-order valence-electron chi connectivity index (χ0n) is 23.4. The SMILES string of the molecule is CCCCCCOc1ccc(C(=O)Oc2ccc(CCC34CCC(CCCCC)(CC3)CC4)cc2)cc1. The van der Waals surface area contributed by atoms with Crippen LogP contribution in [0.4, 0.5) is 0 Å². The van der Waals surface area contributed by atoms with Crippen molar-refractivity contribution in [2.45, 2.75) is 117 Å². The predicted molar refractivity (Wildman–Crippen MR) is 153 cm³/mol. The molecule has 3 aliphatic carbocycles. The summed E-state index contributed by atoms with van der Waals surface area (Å²) in [5.41, 5.74) is 3.15. The number of carbonyl (C=O) groups excluding carboxylic acids is 1. The largest absolute Gasteiger partial charge is 0.494 e. The number of hydrogen-bond acceptors (Lipinski definition) is 3. The Kier molecular flexibility index (Phi) is 10.1. The van der Waals surface area contributed by atoms with Gasteiger partial charge in [-0.3, -0.25) is 0 Å². The average Bonchev–Trinajstić information content (AvgIpc) is 2.94. The number of aryl methyl sites for hydroxylation is 1. The number of rotatable bonds is 15. The number of fused-ring (bicyclic) bond motifs is 3. The van der Waals surface area contributed by atoms with E-state index in [0.29, 0.717) is 22.1 Å². The van der Waals surface area contributed by atoms with Crippen LogP contribution in [0.5, 0.6) is 11.5 Å². The molecule has 0 spiro atoms. The maximum absolute atomic E-state index is 12.6. The minimum Gasteiger partial charge on any atom is -0.494 e. The third-order valence-corrected chi connectivity index (χ3v) is 9.30. The van der Waals surface area contributed by atoms with Crippen molar-refractivity contribution in [2.24, 2.45) is 10.8 Å². The van der Waals surface area contributed by atoms with Gasteiger partial charge in [-0.15, -0.1) is 0 Å². The second-order valence-corrected chi connectivity index (χ2v) is 11.9. The second kappa shape index (κ2) is 13.5. The molecule has 0 unspecified atom stereocenters. The van der Waals surface area contributed by atoms with Gasteiger partial charge in [0.05, 0.1) is 12.2 Å². The lowest BCUT2D eigenvalue weighted by Crippen LogP contribution is -2.41. The molecular weight excluding hydrogens is 456 g/mol. The molecule has 3 fully saturated rings. The zero-order chi connectivity index (χ0) is 26.0. The third-order valence-electron chi connectivity index (χ3n) is 9.30. The van der Waals surface area contributed by atoms with E-state index in [0.717, 1.165) is 25.2 Å². The Hall–Kier alpha value is -2.29. The van der Waals surface area contributed by atoms with Crippen LogP contribution in [0.3, 0.4) is 0 Å². The summed E-state index contributed by atoms with van der Waals surface area (Å²) in [6.07, 6.45) is 21.4. The number of unbranched alkanes of at least 4 members (excludes halogenated alkanes) is 5. The number of ether oxygens (including phenoxy) is 2. The Labute approximate surface area is 225 Å². The second-order valence-electron chi connectivity index (χ2n) is 11.9. The number of carbonyl (C=O) groups is 1. The summed E-state index contributed by atoms with van der Waals surface area (Å²) in [6.45, 7) is 5.24. The lowest BCUT2D eigenvalue weighted by atomic mass is 9.51. The topological polar surface area (TPSA) is 35.5 Å². The van der Waals surface area contributed by atoms with Gasteiger partial charge in [-0.25, -0.2) is 4.79 Å². The van der Waals surface area contributed by atoms with Crippen molar-refractivity contribution < 1.29 is 14.3 Å². The van der Waals surface area contributed by atoms with E-state index in [1.807, 2.05) is 24.3 Å². The van der Waals surface area contributed by atoms with Crippen LogP contribution in [-0.2, 0) is 6.42 Å². The van der Waals surface area contributed by atoms with E-state index in [2.05, 4.69) is 26.0 Å². The molecule has 0 amide bonds. The van der Waals surface area contributed by atoms with Gasteiger partial charge >= 0.3 is 5.97 Å². The van der Waals surface area contributed by atoms with Crippen LogP contribution in [0.1, 0.15) is 126 Å². The van der Waals surface area contributed by atoms with E-state index < -0.39 is 0 Å². The maximum Gasteiger partial charge on any atom is 0.343 e. The van der Waals surface area contributed by atoms with E-state index in [4.69, 9.17) is 9.47 Å². The summed E-state index contributed by atoms with van der Waals surface area (Å²) in [4.78, 5) is 12.6. The van der Waals surface area contributed by atoms with Crippen LogP contribution in [0, 0.1) is 10.8 Å². The Morgan fingerprint density at radius 1 is 0.676 bits per heavy atom. The number of benzene rings is 2. The minimum atomic E-state index is -0.326. The van der Waals surface area contributed by atoms with Crippen molar-refractivity contribution in [1.29, 1.82) is 0 Å². The highest BCUT2D eigenvalue weighted by molar-refractivity contribution is 5.91. The lowest BCUT2D eigenvalue weighted by Gasteiger charge is -2.54. The van der Waals surface area contributed by atoms with Gasteiger partial charge in [-0.2, -0.15) is 0 Å². The monoisotopic (exact) mass is 504 g/mol. The summed E-state index contributed by atoms with van der Waals surface area (Å²) in [7, 11) is 0. The van der Waals surface area contributed by atoms with Gasteiger partial charge in [0.15, 0.2) is 0 Å². The van der Waals surface area contributed by atoms with E-state index >= 15 is 0 Å². The molecule has 0 N–H and O–H groups in total. The molecule has 2 bridgehead atoms. The van der Waals surface area contributed by atoms with E-state index in [1.54, 1.807) is 12.1 Å². The molecule has 5 rings (SSSR count). The van der Waals surface area contributed by atoms with E-state index in [1.165, 1.54) is 95.5 Å². The van der Waals surface area contributed by atoms with Crippen molar-refractivity contribution >= 4 is 5.97 Å². The molecule has 0 aromatic heterocycles. The molecule has 3 saturated carbocycles. The van der Waals surface area contributed by atoms with Crippen LogP contribution in [0.25, 0.3) is 0 Å². The molecule has 0 radical (unpaired) electrons. The summed E-state index contributed by atoms with van der Waals surface area (Å²) in [6, 6.07) is 15.4. The lowest BCUT2D eigenvalue weighted by molar-refractivity contribution is -0.0204. The van der Waals surface area contributed by atoms with Crippen LogP contribution >= 0.6 is 0 Å². The normalized spacial score (nSPS) is 22.6. The molecule has 0 aliphatic heterocycles. The Balaban J connectivity index is 1.20. The van der Waals surface area contributed by atoms with Gasteiger partial charge in [-0.1, -0.05) is 64.5 Å². The highest BCUT2D eigenvalue weighted by Gasteiger charge is 2.47. The van der Waals surface area contributed by atoms with Crippen molar-refractivity contribution in [3.8, 4) is 11.5 Å². The van der Waals surface area contributed by atoms with Gasteiger partial charge < -0.3 is 9.47 Å². The standard InChI is InChI=1S/C34H48O3/c1-3-5-7-9-27-36-30-16-12-29(13-17-30)32(35)37-31-14-10-28(11-15-31)18-20-34-24-21-33(22-25-34,23-26-34)19-8-6-4-2/h10-17H,3-9,18-27H2,1-2H3. The van der Waals surface area contributed by atoms with Crippen molar-refractivity contribution in [1.82, 2.24) is 0 Å². The fourth-order valence-corrected chi connectivity index (χ4v) is 6.55. The molecule has 2 aromatic carbocycles. The van der Waals surface area contributed by atoms with Gasteiger partial charge in [0.25, 0.3) is 0 Å². The molecule has 2 aromatic rings. The molecule has 3 heteroatoms. The first kappa shape index (κ1) is 27.7. The quantitative estimate of drug-likeness (QED) is 0.138. The van der Waals surface area contributed by atoms with Crippen molar-refractivity contribution in [3.05, 3.63) is 59.7 Å². The molecule has 0 atom stereocenters. The summed E-state index contributed by atoms with van der Waals surface area (Å²) in [5.74, 6) is 1.08. The van der Waals surface area contributed by atoms with Gasteiger partial charge in [0.1, 0.15) is 11.5 Å². The Bertz CT molecular complexity index is 935. The summed E-state index contributed by atoms with van der Waals surface area (Å²) < 4.78 is 11.4. The minimum absolute atomic E-state index is 0.326. The summed E-state index contributed by atoms with van der Waals surface area (Å²) in [5, 5.41) is 0. The van der Waals surface area contributed by atoms with Crippen LogP contribution < -0.4 is 9.47 Å². The van der Waals surface area contributed by atoms with E-state index in [-0.39, 0.29) is 5.97 Å². The van der Waals surface area contributed by atoms with E-state index in [9.17, 15) is 4.79 Å². The van der Waals surface area contributed by atoms with Crippen molar-refractivity contribution in [2.75, 3.05) is 6.61 Å². The first-order valence-electron chi connectivity index (χ1n) is 15.1. The third kappa shape index (κ3) is 7.85. The maximum atomic E-state index is 12.6. The molecule has 37 heavy (non-hydrogen) atoms. The number of hydrogen-bond donors (Lipinski definition) is 0. The fraction of sp³-hybridized carbons (Fsp3) is 0.618. The highest BCUT2D eigenvalue weighted by Crippen LogP contribution is 2.60. The van der Waals surface area contributed by atoms with Gasteiger partial charge in [0.2, 0.25) is 0 Å². The van der Waals surface area contributed by atoms with Gasteiger partial charge in [-0.05, 0) is 117 Å². The van der Waals surface area contributed by atoms with Crippen molar-refractivity contribution in [3.63, 3.8) is 0 Å². The average molecular weight is 505 g/mol. The first-order chi connectivity index (χ1) is 18.1. The van der Waals surface area contributed by atoms with Gasteiger partial charge in [0, 0.05) is 0 Å². The smallest absolute Gasteiger partial charge is 0.343 e. The Morgan fingerprint density at radius 2 is 1.24 bits per heavy atom. The predicted octanol–water partition coefficient (Wildman–Crippen LogP) is 9.72. The molecule has 0 saturated heterocycles. The first-order valence-corrected chi connectivity index (χ1v) is 15.1. The fourth-order valence-electron chi connectivity index (χ4n) is 6.55. The molecule has 3 nitrogen and oxygen atoms in total. The number of esters is 1. The summed E-state index contributed by atoms with van der Waals surface area (Å²) >= 11 is 0. The van der Waals surface area contributed by atoms with Crippen LogP contribution in [0.15, 0.2) is 48.5 Å². The zero-order valence-corrected chi connectivity index (χ0v) is 23.4.